The van der Waals surface area contributed by atoms with Crippen molar-refractivity contribution in [2.45, 2.75) is 89.6 Å². The summed E-state index contributed by atoms with van der Waals surface area (Å²) in [5.74, 6) is 2.43. The Hall–Kier alpha value is -1.85. The van der Waals surface area contributed by atoms with Crippen LogP contribution in [-0.4, -0.2) is 40.5 Å². The maximum Gasteiger partial charge on any atom is 0.273 e. The summed E-state index contributed by atoms with van der Waals surface area (Å²) >= 11 is 0. The molecule has 6 heteroatoms. The fraction of sp³-hybridized carbons (Fsp3) is 0.773. The highest BCUT2D eigenvalue weighted by Gasteiger charge is 2.36. The Balaban J connectivity index is 1.32. The second-order valence-electron chi connectivity index (χ2n) is 9.13. The van der Waals surface area contributed by atoms with Gasteiger partial charge in [0.2, 0.25) is 5.91 Å². The van der Waals surface area contributed by atoms with Gasteiger partial charge in [-0.2, -0.15) is 0 Å². The molecule has 0 spiro atoms. The summed E-state index contributed by atoms with van der Waals surface area (Å²) in [4.78, 5) is 27.7. The number of nitrogens with zero attached hydrogens (tertiary/aromatic N) is 2. The molecule has 1 aromatic rings. The maximum absolute atomic E-state index is 13.1. The molecule has 1 saturated heterocycles. The lowest BCUT2D eigenvalue weighted by Gasteiger charge is -2.41. The molecule has 6 nitrogen and oxygen atoms in total. The van der Waals surface area contributed by atoms with Crippen molar-refractivity contribution < 1.29 is 14.1 Å². The summed E-state index contributed by atoms with van der Waals surface area (Å²) in [6, 6.07) is 2.09. The molecule has 2 saturated carbocycles. The van der Waals surface area contributed by atoms with Gasteiger partial charge in [0.15, 0.2) is 5.69 Å². The number of piperidine rings is 1. The van der Waals surface area contributed by atoms with Gasteiger partial charge in [0.05, 0.1) is 0 Å². The van der Waals surface area contributed by atoms with E-state index in [1.165, 1.54) is 12.8 Å². The normalized spacial score (nSPS) is 30.9. The third-order valence-electron chi connectivity index (χ3n) is 6.91. The number of rotatable bonds is 5. The number of amides is 2. The van der Waals surface area contributed by atoms with E-state index >= 15 is 0 Å². The third-order valence-corrected chi connectivity index (χ3v) is 6.91. The second-order valence-corrected chi connectivity index (χ2v) is 9.13. The van der Waals surface area contributed by atoms with Crippen LogP contribution < -0.4 is 5.32 Å². The Morgan fingerprint density at radius 1 is 1.18 bits per heavy atom. The van der Waals surface area contributed by atoms with Crippen molar-refractivity contribution in [2.75, 3.05) is 6.54 Å². The van der Waals surface area contributed by atoms with Crippen LogP contribution in [0.2, 0.25) is 0 Å². The highest BCUT2D eigenvalue weighted by Crippen LogP contribution is 2.40. The van der Waals surface area contributed by atoms with Crippen LogP contribution in [0.15, 0.2) is 10.6 Å². The van der Waals surface area contributed by atoms with E-state index in [1.54, 1.807) is 6.07 Å². The van der Waals surface area contributed by atoms with Gasteiger partial charge >= 0.3 is 0 Å². The number of nitrogens with one attached hydrogen (secondary N) is 1. The van der Waals surface area contributed by atoms with Gasteiger partial charge in [-0.1, -0.05) is 19.0 Å². The molecule has 2 amide bonds. The van der Waals surface area contributed by atoms with Crippen molar-refractivity contribution in [3.63, 3.8) is 0 Å². The van der Waals surface area contributed by atoms with Crippen LogP contribution in [0.25, 0.3) is 0 Å². The summed E-state index contributed by atoms with van der Waals surface area (Å²) in [6.45, 7) is 5.16. The fourth-order valence-corrected chi connectivity index (χ4v) is 4.82. The monoisotopic (exact) mass is 387 g/mol. The first kappa shape index (κ1) is 19.5. The Morgan fingerprint density at radius 2 is 1.93 bits per heavy atom. The summed E-state index contributed by atoms with van der Waals surface area (Å²) in [6.07, 6.45) is 9.21. The van der Waals surface area contributed by atoms with Crippen molar-refractivity contribution in [1.29, 1.82) is 0 Å². The molecular formula is C22H33N3O3. The summed E-state index contributed by atoms with van der Waals surface area (Å²) in [7, 11) is 0. The molecule has 4 rings (SSSR count). The zero-order valence-electron chi connectivity index (χ0n) is 17.2. The molecule has 3 aliphatic rings. The molecule has 28 heavy (non-hydrogen) atoms. The molecule has 2 heterocycles. The quantitative estimate of drug-likeness (QED) is 0.832. The Labute approximate surface area is 167 Å². The Bertz CT molecular complexity index is 704. The standard InChI is InChI=1S/C22H33N3O3/c1-3-18-12-17(23-21(26)19-13-20(28-24-19)15-8-9-15)10-11-25(18)22(27)16-6-4-14(2)5-7-16/h13-18H,3-12H2,1-2H3,(H,23,26)/t14?,16?,17?,18-/m1/s1. The van der Waals surface area contributed by atoms with Crippen LogP contribution in [0, 0.1) is 11.8 Å². The minimum absolute atomic E-state index is 0.0916. The van der Waals surface area contributed by atoms with Gasteiger partial charge in [-0.05, 0) is 63.7 Å². The number of likely N-dealkylation sites (tertiary alicyclic amines) is 1. The van der Waals surface area contributed by atoms with E-state index in [0.717, 1.165) is 63.2 Å². The highest BCUT2D eigenvalue weighted by atomic mass is 16.5. The SMILES string of the molecule is CC[C@@H]1CC(NC(=O)c2cc(C3CC3)on2)CCN1C(=O)C1CCC(C)CC1. The van der Waals surface area contributed by atoms with E-state index in [0.29, 0.717) is 17.5 Å². The van der Waals surface area contributed by atoms with Crippen LogP contribution >= 0.6 is 0 Å². The van der Waals surface area contributed by atoms with Gasteiger partial charge in [0.25, 0.3) is 5.91 Å². The minimum Gasteiger partial charge on any atom is -0.360 e. The van der Waals surface area contributed by atoms with Crippen LogP contribution in [0.5, 0.6) is 0 Å². The predicted octanol–water partition coefficient (Wildman–Crippen LogP) is 3.88. The fourth-order valence-electron chi connectivity index (χ4n) is 4.82. The smallest absolute Gasteiger partial charge is 0.273 e. The molecule has 0 aromatic carbocycles. The lowest BCUT2D eigenvalue weighted by atomic mass is 9.81. The van der Waals surface area contributed by atoms with Crippen molar-refractivity contribution in [3.05, 3.63) is 17.5 Å². The van der Waals surface area contributed by atoms with Gasteiger partial charge in [0, 0.05) is 36.5 Å². The van der Waals surface area contributed by atoms with E-state index in [-0.39, 0.29) is 23.9 Å². The largest absolute Gasteiger partial charge is 0.360 e. The number of hydrogen-bond donors (Lipinski definition) is 1. The molecular weight excluding hydrogens is 354 g/mol. The summed E-state index contributed by atoms with van der Waals surface area (Å²) < 4.78 is 5.30. The molecule has 1 N–H and O–H groups in total. The number of carbonyl (C=O) groups is 2. The van der Waals surface area contributed by atoms with Crippen molar-refractivity contribution in [1.82, 2.24) is 15.4 Å². The molecule has 2 aliphatic carbocycles. The second kappa shape index (κ2) is 8.26. The topological polar surface area (TPSA) is 75.4 Å². The third kappa shape index (κ3) is 4.26. The lowest BCUT2D eigenvalue weighted by Crippen LogP contribution is -2.53. The molecule has 2 atom stereocenters. The van der Waals surface area contributed by atoms with E-state index in [9.17, 15) is 9.59 Å². The molecule has 1 aromatic heterocycles. The van der Waals surface area contributed by atoms with E-state index in [4.69, 9.17) is 4.52 Å². The average Bonchev–Trinajstić information content (AvgIpc) is 3.44. The zero-order chi connectivity index (χ0) is 19.7. The van der Waals surface area contributed by atoms with Crippen LogP contribution in [-0.2, 0) is 4.79 Å². The molecule has 0 bridgehead atoms. The van der Waals surface area contributed by atoms with Gasteiger partial charge in [0.1, 0.15) is 5.76 Å². The van der Waals surface area contributed by atoms with Crippen LogP contribution in [0.4, 0.5) is 0 Å². The van der Waals surface area contributed by atoms with Gasteiger partial charge in [-0.25, -0.2) is 0 Å². The molecule has 3 fully saturated rings. The molecule has 1 aliphatic heterocycles. The zero-order valence-corrected chi connectivity index (χ0v) is 17.2. The first-order valence-corrected chi connectivity index (χ1v) is 11.1. The maximum atomic E-state index is 13.1. The van der Waals surface area contributed by atoms with Crippen LogP contribution in [0.3, 0.4) is 0 Å². The lowest BCUT2D eigenvalue weighted by molar-refractivity contribution is -0.141. The number of carbonyl (C=O) groups excluding carboxylic acids is 2. The summed E-state index contributed by atoms with van der Waals surface area (Å²) in [5.41, 5.74) is 0.379. The van der Waals surface area contributed by atoms with Gasteiger partial charge in [-0.15, -0.1) is 0 Å². The highest BCUT2D eigenvalue weighted by molar-refractivity contribution is 5.92. The van der Waals surface area contributed by atoms with Crippen LogP contribution in [0.1, 0.15) is 93.8 Å². The number of hydrogen-bond acceptors (Lipinski definition) is 4. The van der Waals surface area contributed by atoms with Gasteiger partial charge in [-0.3, -0.25) is 9.59 Å². The van der Waals surface area contributed by atoms with E-state index < -0.39 is 0 Å². The van der Waals surface area contributed by atoms with E-state index in [2.05, 4.69) is 29.2 Å². The van der Waals surface area contributed by atoms with Gasteiger partial charge < -0.3 is 14.7 Å². The Morgan fingerprint density at radius 3 is 2.61 bits per heavy atom. The first-order chi connectivity index (χ1) is 13.5. The van der Waals surface area contributed by atoms with Crippen molar-refractivity contribution in [2.24, 2.45) is 11.8 Å². The molecule has 1 unspecified atom stereocenters. The van der Waals surface area contributed by atoms with Crippen molar-refractivity contribution >= 4 is 11.8 Å². The molecule has 154 valence electrons. The van der Waals surface area contributed by atoms with E-state index in [1.807, 2.05) is 0 Å². The number of aromatic nitrogens is 1. The summed E-state index contributed by atoms with van der Waals surface area (Å²) in [5, 5.41) is 7.06. The van der Waals surface area contributed by atoms with Crippen molar-refractivity contribution in [3.8, 4) is 0 Å². The Kier molecular flexibility index (Phi) is 5.74. The minimum atomic E-state index is -0.156. The average molecular weight is 388 g/mol. The molecule has 0 radical (unpaired) electrons. The predicted molar refractivity (Wildman–Crippen MR) is 106 cm³/mol. The first-order valence-electron chi connectivity index (χ1n) is 11.1.